The van der Waals surface area contributed by atoms with Gasteiger partial charge >= 0.3 is 5.97 Å². The van der Waals surface area contributed by atoms with Gasteiger partial charge in [0.2, 0.25) is 0 Å². The summed E-state index contributed by atoms with van der Waals surface area (Å²) in [6, 6.07) is 7.53. The number of fused-ring (bicyclic) bond motifs is 3. The number of hydrogen-bond donors (Lipinski definition) is 0. The van der Waals surface area contributed by atoms with E-state index < -0.39 is 5.97 Å². The maximum absolute atomic E-state index is 11.6. The number of carbonyl (C=O) groups is 1. The second-order valence-corrected chi connectivity index (χ2v) is 4.90. The van der Waals surface area contributed by atoms with E-state index in [2.05, 4.69) is 11.1 Å². The van der Waals surface area contributed by atoms with Crippen LogP contribution in [0.15, 0.2) is 24.4 Å². The molecular weight excluding hydrogens is 262 g/mol. The van der Waals surface area contributed by atoms with Crippen molar-refractivity contribution in [2.24, 2.45) is 0 Å². The van der Waals surface area contributed by atoms with Crippen molar-refractivity contribution in [3.63, 3.8) is 0 Å². The van der Waals surface area contributed by atoms with Gasteiger partial charge in [-0.15, -0.1) is 0 Å². The van der Waals surface area contributed by atoms with Crippen molar-refractivity contribution in [2.75, 3.05) is 6.61 Å². The van der Waals surface area contributed by atoms with Crippen LogP contribution >= 0.6 is 11.3 Å². The summed E-state index contributed by atoms with van der Waals surface area (Å²) in [4.78, 5) is 16.6. The van der Waals surface area contributed by atoms with Crippen molar-refractivity contribution < 1.29 is 9.53 Å². The number of ether oxygens (including phenoxy) is 1. The number of carbonyl (C=O) groups excluding carboxylic acids is 1. The number of esters is 1. The van der Waals surface area contributed by atoms with E-state index in [1.54, 1.807) is 19.2 Å². The molecule has 0 aliphatic heterocycles. The van der Waals surface area contributed by atoms with Crippen LogP contribution in [-0.4, -0.2) is 22.0 Å². The van der Waals surface area contributed by atoms with Crippen LogP contribution in [0.2, 0.25) is 0 Å². The van der Waals surface area contributed by atoms with Crippen LogP contribution in [-0.2, 0) is 4.74 Å². The van der Waals surface area contributed by atoms with Gasteiger partial charge in [0.15, 0.2) is 10.7 Å². The van der Waals surface area contributed by atoms with E-state index in [0.717, 1.165) is 10.2 Å². The summed E-state index contributed by atoms with van der Waals surface area (Å²) in [7, 11) is 0. The number of thiazole rings is 1. The Balaban J connectivity index is 2.15. The Kier molecular flexibility index (Phi) is 2.69. The molecule has 0 spiro atoms. The van der Waals surface area contributed by atoms with Gasteiger partial charge in [-0.05, 0) is 25.1 Å². The molecule has 6 heteroatoms. The van der Waals surface area contributed by atoms with Gasteiger partial charge in [0.25, 0.3) is 0 Å². The summed E-state index contributed by atoms with van der Waals surface area (Å²) < 4.78 is 7.73. The first kappa shape index (κ1) is 11.7. The van der Waals surface area contributed by atoms with Gasteiger partial charge in [-0.25, -0.2) is 9.78 Å². The molecule has 19 heavy (non-hydrogen) atoms. The zero-order valence-corrected chi connectivity index (χ0v) is 10.9. The molecule has 3 rings (SSSR count). The predicted molar refractivity (Wildman–Crippen MR) is 71.2 cm³/mol. The maximum atomic E-state index is 11.6. The lowest BCUT2D eigenvalue weighted by atomic mass is 10.2. The summed E-state index contributed by atoms with van der Waals surface area (Å²) in [5.74, 6) is -0.416. The molecule has 0 unspecified atom stereocenters. The zero-order valence-electron chi connectivity index (χ0n) is 10.1. The monoisotopic (exact) mass is 271 g/mol. The van der Waals surface area contributed by atoms with E-state index in [1.807, 2.05) is 16.5 Å². The van der Waals surface area contributed by atoms with Crippen molar-refractivity contribution in [1.82, 2.24) is 9.38 Å². The molecular formula is C13H9N3O2S. The van der Waals surface area contributed by atoms with E-state index in [9.17, 15) is 4.79 Å². The van der Waals surface area contributed by atoms with Crippen molar-refractivity contribution in [2.45, 2.75) is 6.92 Å². The summed E-state index contributed by atoms with van der Waals surface area (Å²) in [5.41, 5.74) is 1.85. The molecule has 0 N–H and O–H groups in total. The summed E-state index contributed by atoms with van der Waals surface area (Å²) in [5, 5.41) is 8.87. The van der Waals surface area contributed by atoms with Gasteiger partial charge in [0.05, 0.1) is 28.5 Å². The lowest BCUT2D eigenvalue weighted by molar-refractivity contribution is 0.0520. The zero-order chi connectivity index (χ0) is 13.4. The van der Waals surface area contributed by atoms with Crippen molar-refractivity contribution in [1.29, 1.82) is 5.26 Å². The lowest BCUT2D eigenvalue weighted by Gasteiger charge is -1.96. The van der Waals surface area contributed by atoms with Crippen LogP contribution in [0.1, 0.15) is 23.0 Å². The molecule has 94 valence electrons. The highest BCUT2D eigenvalue weighted by Crippen LogP contribution is 2.27. The molecule has 0 saturated heterocycles. The number of benzene rings is 1. The van der Waals surface area contributed by atoms with Gasteiger partial charge < -0.3 is 4.74 Å². The quantitative estimate of drug-likeness (QED) is 0.672. The minimum atomic E-state index is -0.416. The van der Waals surface area contributed by atoms with E-state index in [4.69, 9.17) is 10.00 Å². The molecule has 0 aliphatic carbocycles. The van der Waals surface area contributed by atoms with Gasteiger partial charge in [0, 0.05) is 6.20 Å². The molecule has 0 amide bonds. The molecule has 2 aromatic heterocycles. The third-order valence-electron chi connectivity index (χ3n) is 2.71. The molecule has 0 saturated carbocycles. The average Bonchev–Trinajstić information content (AvgIpc) is 2.95. The van der Waals surface area contributed by atoms with Crippen molar-refractivity contribution >= 4 is 32.5 Å². The molecule has 0 bridgehead atoms. The molecule has 0 aliphatic rings. The highest BCUT2D eigenvalue weighted by Gasteiger charge is 2.15. The Morgan fingerprint density at radius 3 is 3.16 bits per heavy atom. The third-order valence-corrected chi connectivity index (χ3v) is 3.73. The van der Waals surface area contributed by atoms with E-state index >= 15 is 0 Å². The summed E-state index contributed by atoms with van der Waals surface area (Å²) in [6.07, 6.45) is 1.66. The molecule has 1 aromatic carbocycles. The van der Waals surface area contributed by atoms with Crippen LogP contribution in [0, 0.1) is 11.3 Å². The number of nitrogens with zero attached hydrogens (tertiary/aromatic N) is 3. The van der Waals surface area contributed by atoms with Crippen LogP contribution in [0.3, 0.4) is 0 Å². The fraction of sp³-hybridized carbons (Fsp3) is 0.154. The third kappa shape index (κ3) is 1.84. The van der Waals surface area contributed by atoms with Crippen LogP contribution < -0.4 is 0 Å². The van der Waals surface area contributed by atoms with E-state index in [0.29, 0.717) is 22.8 Å². The number of rotatable bonds is 2. The standard InChI is InChI=1S/C13H9N3O2S/c1-2-18-12(17)9-7-16-10-4-3-8(6-14)5-11(10)19-13(16)15-9/h3-5,7H,2H2,1H3. The molecule has 3 aromatic rings. The number of hydrogen-bond acceptors (Lipinski definition) is 5. The first-order valence-corrected chi connectivity index (χ1v) is 6.53. The minimum absolute atomic E-state index is 0.305. The second kappa shape index (κ2) is 4.37. The first-order chi connectivity index (χ1) is 9.22. The predicted octanol–water partition coefficient (Wildman–Crippen LogP) is 2.60. The largest absolute Gasteiger partial charge is 0.461 e. The molecule has 2 heterocycles. The molecule has 0 fully saturated rings. The Morgan fingerprint density at radius 2 is 2.42 bits per heavy atom. The number of nitriles is 1. The van der Waals surface area contributed by atoms with Crippen LogP contribution in [0.4, 0.5) is 0 Å². The first-order valence-electron chi connectivity index (χ1n) is 5.72. The van der Waals surface area contributed by atoms with E-state index in [1.165, 1.54) is 11.3 Å². The van der Waals surface area contributed by atoms with Crippen LogP contribution in [0.25, 0.3) is 15.2 Å². The fourth-order valence-electron chi connectivity index (χ4n) is 1.87. The SMILES string of the molecule is CCOC(=O)c1cn2c(n1)sc1cc(C#N)ccc12. The van der Waals surface area contributed by atoms with Gasteiger partial charge in [0.1, 0.15) is 0 Å². The Morgan fingerprint density at radius 1 is 1.58 bits per heavy atom. The molecule has 0 atom stereocenters. The topological polar surface area (TPSA) is 67.4 Å². The molecule has 5 nitrogen and oxygen atoms in total. The van der Waals surface area contributed by atoms with Gasteiger partial charge in [-0.3, -0.25) is 4.40 Å². The summed E-state index contributed by atoms with van der Waals surface area (Å²) in [6.45, 7) is 2.09. The van der Waals surface area contributed by atoms with Crippen molar-refractivity contribution in [3.05, 3.63) is 35.7 Å². The Labute approximate surface area is 112 Å². The minimum Gasteiger partial charge on any atom is -0.461 e. The number of imidazole rings is 1. The van der Waals surface area contributed by atoms with Gasteiger partial charge in [-0.2, -0.15) is 5.26 Å². The maximum Gasteiger partial charge on any atom is 0.358 e. The van der Waals surface area contributed by atoms with Crippen LogP contribution in [0.5, 0.6) is 0 Å². The molecule has 0 radical (unpaired) electrons. The fourth-order valence-corrected chi connectivity index (χ4v) is 2.92. The number of aromatic nitrogens is 2. The lowest BCUT2D eigenvalue weighted by Crippen LogP contribution is -2.04. The van der Waals surface area contributed by atoms with Gasteiger partial charge in [-0.1, -0.05) is 11.3 Å². The average molecular weight is 271 g/mol. The van der Waals surface area contributed by atoms with E-state index in [-0.39, 0.29) is 0 Å². The smallest absolute Gasteiger partial charge is 0.358 e. The highest BCUT2D eigenvalue weighted by atomic mass is 32.1. The Hall–Kier alpha value is -2.39. The van der Waals surface area contributed by atoms with Crippen molar-refractivity contribution in [3.8, 4) is 6.07 Å². The summed E-state index contributed by atoms with van der Waals surface area (Å²) >= 11 is 1.44. The second-order valence-electron chi connectivity index (χ2n) is 3.90. The Bertz CT molecular complexity index is 825. The normalized spacial score (nSPS) is 10.7. The highest BCUT2D eigenvalue weighted by molar-refractivity contribution is 7.23.